The van der Waals surface area contributed by atoms with Crippen molar-refractivity contribution in [2.24, 2.45) is 0 Å². The van der Waals surface area contributed by atoms with Crippen molar-refractivity contribution in [3.63, 3.8) is 0 Å². The van der Waals surface area contributed by atoms with E-state index in [4.69, 9.17) is 0 Å². The SMILES string of the molecule is CCN(C)C(=O)CCc1ccccc1. The van der Waals surface area contributed by atoms with Gasteiger partial charge in [-0.15, -0.1) is 0 Å². The molecule has 0 saturated heterocycles. The van der Waals surface area contributed by atoms with Crippen LogP contribution in [-0.4, -0.2) is 24.4 Å². The van der Waals surface area contributed by atoms with Crippen LogP contribution >= 0.6 is 0 Å². The van der Waals surface area contributed by atoms with E-state index < -0.39 is 0 Å². The lowest BCUT2D eigenvalue weighted by atomic mass is 10.1. The molecule has 0 heterocycles. The average Bonchev–Trinajstić information content (AvgIpc) is 2.26. The molecule has 0 bridgehead atoms. The molecule has 0 fully saturated rings. The first-order chi connectivity index (χ1) is 6.74. The Morgan fingerprint density at radius 3 is 2.50 bits per heavy atom. The van der Waals surface area contributed by atoms with E-state index in [2.05, 4.69) is 12.1 Å². The van der Waals surface area contributed by atoms with Gasteiger partial charge in [0.25, 0.3) is 0 Å². The Bertz CT molecular complexity index is 282. The Kier molecular flexibility index (Phi) is 4.17. The smallest absolute Gasteiger partial charge is 0.222 e. The van der Waals surface area contributed by atoms with Crippen LogP contribution in [0.2, 0.25) is 0 Å². The number of amides is 1. The third-order valence-corrected chi connectivity index (χ3v) is 2.37. The monoisotopic (exact) mass is 191 g/mol. The highest BCUT2D eigenvalue weighted by Crippen LogP contribution is 2.03. The van der Waals surface area contributed by atoms with Crippen molar-refractivity contribution in [1.82, 2.24) is 4.90 Å². The molecule has 1 aromatic rings. The molecule has 2 heteroatoms. The molecular formula is C12H17NO. The molecule has 1 amide bonds. The van der Waals surface area contributed by atoms with Crippen LogP contribution in [0.4, 0.5) is 0 Å². The fourth-order valence-corrected chi connectivity index (χ4v) is 1.26. The molecule has 0 spiro atoms. The fraction of sp³-hybridized carbons (Fsp3) is 0.417. The van der Waals surface area contributed by atoms with Gasteiger partial charge < -0.3 is 4.90 Å². The molecule has 14 heavy (non-hydrogen) atoms. The minimum atomic E-state index is 0.219. The zero-order chi connectivity index (χ0) is 10.4. The molecule has 0 atom stereocenters. The van der Waals surface area contributed by atoms with Crippen LogP contribution in [0.15, 0.2) is 30.3 Å². The molecule has 2 nitrogen and oxygen atoms in total. The first-order valence-electron chi connectivity index (χ1n) is 5.02. The summed E-state index contributed by atoms with van der Waals surface area (Å²) in [6.45, 7) is 2.77. The summed E-state index contributed by atoms with van der Waals surface area (Å²) in [6.07, 6.45) is 1.44. The van der Waals surface area contributed by atoms with Gasteiger partial charge in [0, 0.05) is 20.0 Å². The van der Waals surface area contributed by atoms with Crippen LogP contribution in [-0.2, 0) is 11.2 Å². The summed E-state index contributed by atoms with van der Waals surface area (Å²) in [5.74, 6) is 0.219. The molecule has 0 saturated carbocycles. The van der Waals surface area contributed by atoms with Gasteiger partial charge >= 0.3 is 0 Å². The molecular weight excluding hydrogens is 174 g/mol. The molecule has 1 rings (SSSR count). The highest BCUT2D eigenvalue weighted by Gasteiger charge is 2.05. The summed E-state index contributed by atoms with van der Waals surface area (Å²) < 4.78 is 0. The summed E-state index contributed by atoms with van der Waals surface area (Å²) in [5.41, 5.74) is 1.23. The molecule has 1 aromatic carbocycles. The van der Waals surface area contributed by atoms with Crippen molar-refractivity contribution in [2.75, 3.05) is 13.6 Å². The number of carbonyl (C=O) groups excluding carboxylic acids is 1. The maximum atomic E-state index is 11.5. The van der Waals surface area contributed by atoms with Crippen LogP contribution in [0.25, 0.3) is 0 Å². The largest absolute Gasteiger partial charge is 0.346 e. The zero-order valence-corrected chi connectivity index (χ0v) is 8.86. The van der Waals surface area contributed by atoms with E-state index in [1.165, 1.54) is 5.56 Å². The lowest BCUT2D eigenvalue weighted by molar-refractivity contribution is -0.129. The normalized spacial score (nSPS) is 9.86. The lowest BCUT2D eigenvalue weighted by Gasteiger charge is -2.13. The summed E-state index contributed by atoms with van der Waals surface area (Å²) in [5, 5.41) is 0. The van der Waals surface area contributed by atoms with Gasteiger partial charge in [-0.05, 0) is 18.9 Å². The molecule has 0 radical (unpaired) electrons. The van der Waals surface area contributed by atoms with Crippen molar-refractivity contribution in [1.29, 1.82) is 0 Å². The predicted molar refractivity (Wildman–Crippen MR) is 58.1 cm³/mol. The van der Waals surface area contributed by atoms with Crippen molar-refractivity contribution >= 4 is 5.91 Å². The topological polar surface area (TPSA) is 20.3 Å². The van der Waals surface area contributed by atoms with Gasteiger partial charge in [-0.25, -0.2) is 0 Å². The fourth-order valence-electron chi connectivity index (χ4n) is 1.26. The van der Waals surface area contributed by atoms with E-state index in [0.29, 0.717) is 6.42 Å². The van der Waals surface area contributed by atoms with Crippen LogP contribution in [0, 0.1) is 0 Å². The minimum absolute atomic E-state index is 0.219. The van der Waals surface area contributed by atoms with Crippen molar-refractivity contribution in [3.05, 3.63) is 35.9 Å². The molecule has 0 N–H and O–H groups in total. The van der Waals surface area contributed by atoms with E-state index >= 15 is 0 Å². The van der Waals surface area contributed by atoms with Crippen LogP contribution in [0.3, 0.4) is 0 Å². The van der Waals surface area contributed by atoms with E-state index in [0.717, 1.165) is 13.0 Å². The van der Waals surface area contributed by atoms with E-state index in [9.17, 15) is 4.79 Å². The van der Waals surface area contributed by atoms with Crippen LogP contribution < -0.4 is 0 Å². The second kappa shape index (κ2) is 5.43. The highest BCUT2D eigenvalue weighted by atomic mass is 16.2. The lowest BCUT2D eigenvalue weighted by Crippen LogP contribution is -2.26. The maximum absolute atomic E-state index is 11.5. The summed E-state index contributed by atoms with van der Waals surface area (Å²) in [6, 6.07) is 10.1. The van der Waals surface area contributed by atoms with E-state index in [-0.39, 0.29) is 5.91 Å². The predicted octanol–water partition coefficient (Wildman–Crippen LogP) is 2.10. The van der Waals surface area contributed by atoms with Gasteiger partial charge in [0.05, 0.1) is 0 Å². The number of hydrogen-bond donors (Lipinski definition) is 0. The third-order valence-electron chi connectivity index (χ3n) is 2.37. The van der Waals surface area contributed by atoms with Gasteiger partial charge in [-0.2, -0.15) is 0 Å². The second-order valence-electron chi connectivity index (χ2n) is 3.39. The molecule has 0 aliphatic carbocycles. The number of carbonyl (C=O) groups is 1. The number of nitrogens with zero attached hydrogens (tertiary/aromatic N) is 1. The van der Waals surface area contributed by atoms with Crippen molar-refractivity contribution in [2.45, 2.75) is 19.8 Å². The zero-order valence-electron chi connectivity index (χ0n) is 8.86. The summed E-state index contributed by atoms with van der Waals surface area (Å²) in [7, 11) is 1.84. The third kappa shape index (κ3) is 3.21. The Hall–Kier alpha value is -1.31. The van der Waals surface area contributed by atoms with Gasteiger partial charge in [0.15, 0.2) is 0 Å². The first kappa shape index (κ1) is 10.8. The first-order valence-corrected chi connectivity index (χ1v) is 5.02. The van der Waals surface area contributed by atoms with Gasteiger partial charge in [-0.1, -0.05) is 30.3 Å². The number of rotatable bonds is 4. The number of aryl methyl sites for hydroxylation is 1. The van der Waals surface area contributed by atoms with Crippen molar-refractivity contribution < 1.29 is 4.79 Å². The molecule has 0 aliphatic heterocycles. The summed E-state index contributed by atoms with van der Waals surface area (Å²) >= 11 is 0. The highest BCUT2D eigenvalue weighted by molar-refractivity contribution is 5.76. The number of hydrogen-bond acceptors (Lipinski definition) is 1. The Labute approximate surface area is 85.5 Å². The number of benzene rings is 1. The van der Waals surface area contributed by atoms with Gasteiger partial charge in [0.2, 0.25) is 5.91 Å². The van der Waals surface area contributed by atoms with Crippen LogP contribution in [0.1, 0.15) is 18.9 Å². The maximum Gasteiger partial charge on any atom is 0.222 e. The molecule has 0 aromatic heterocycles. The van der Waals surface area contributed by atoms with Crippen LogP contribution in [0.5, 0.6) is 0 Å². The Morgan fingerprint density at radius 2 is 1.93 bits per heavy atom. The Morgan fingerprint density at radius 1 is 1.29 bits per heavy atom. The summed E-state index contributed by atoms with van der Waals surface area (Å²) in [4.78, 5) is 13.2. The molecule has 0 unspecified atom stereocenters. The molecule has 76 valence electrons. The Balaban J connectivity index is 2.38. The van der Waals surface area contributed by atoms with Gasteiger partial charge in [0.1, 0.15) is 0 Å². The quantitative estimate of drug-likeness (QED) is 0.713. The van der Waals surface area contributed by atoms with E-state index in [1.54, 1.807) is 4.90 Å². The van der Waals surface area contributed by atoms with Gasteiger partial charge in [-0.3, -0.25) is 4.79 Å². The second-order valence-corrected chi connectivity index (χ2v) is 3.39. The minimum Gasteiger partial charge on any atom is -0.346 e. The van der Waals surface area contributed by atoms with E-state index in [1.807, 2.05) is 32.2 Å². The average molecular weight is 191 g/mol. The molecule has 0 aliphatic rings. The van der Waals surface area contributed by atoms with Crippen molar-refractivity contribution in [3.8, 4) is 0 Å². The standard InChI is InChI=1S/C12H17NO/c1-3-13(2)12(14)10-9-11-7-5-4-6-8-11/h4-8H,3,9-10H2,1-2H3.